The molecule has 4 fully saturated rings. The average molecular weight is 441 g/mol. The first kappa shape index (κ1) is 23.1. The largest absolute Gasteiger partial charge is 0.393 e. The van der Waals surface area contributed by atoms with Gasteiger partial charge in [-0.2, -0.15) is 0 Å². The van der Waals surface area contributed by atoms with Crippen LogP contribution in [0.5, 0.6) is 0 Å². The molecule has 5 aliphatic carbocycles. The highest BCUT2D eigenvalue weighted by molar-refractivity contribution is 5.93. The standard InChI is InChI=1S/C30H48O2/c1-19-20(31)9-10-21-27(19,5)12-11-22-28(6)16-15-26(4)14-13-25(2,3)17-23(26)29(28,7)18-24(32)30(21,22)8/h9-10,19,21-24,32H,11-18H2,1-8H3/t19-,21+,22+,23+,24-,26+,27+,28+,29-,30-/m0/s1. The molecule has 0 heterocycles. The summed E-state index contributed by atoms with van der Waals surface area (Å²) in [7, 11) is 0. The molecule has 4 saturated carbocycles. The summed E-state index contributed by atoms with van der Waals surface area (Å²) in [6.45, 7) is 19.6. The second-order valence-electron chi connectivity index (χ2n) is 15.1. The molecule has 0 amide bonds. The van der Waals surface area contributed by atoms with Crippen LogP contribution >= 0.6 is 0 Å². The van der Waals surface area contributed by atoms with Crippen LogP contribution in [0.3, 0.4) is 0 Å². The van der Waals surface area contributed by atoms with Crippen LogP contribution in [0.25, 0.3) is 0 Å². The molecule has 5 rings (SSSR count). The Morgan fingerprint density at radius 2 is 1.50 bits per heavy atom. The van der Waals surface area contributed by atoms with Gasteiger partial charge in [-0.1, -0.05) is 61.5 Å². The van der Waals surface area contributed by atoms with Gasteiger partial charge in [-0.3, -0.25) is 4.79 Å². The lowest BCUT2D eigenvalue weighted by Gasteiger charge is -2.75. The monoisotopic (exact) mass is 440 g/mol. The van der Waals surface area contributed by atoms with Gasteiger partial charge in [-0.25, -0.2) is 0 Å². The van der Waals surface area contributed by atoms with Crippen LogP contribution in [0.4, 0.5) is 0 Å². The highest BCUT2D eigenvalue weighted by Crippen LogP contribution is 2.77. The second kappa shape index (κ2) is 6.52. The van der Waals surface area contributed by atoms with Gasteiger partial charge in [0.25, 0.3) is 0 Å². The van der Waals surface area contributed by atoms with E-state index in [1.54, 1.807) is 0 Å². The maximum absolute atomic E-state index is 12.6. The molecule has 0 aromatic rings. The number of hydrogen-bond donors (Lipinski definition) is 1. The van der Waals surface area contributed by atoms with Crippen LogP contribution in [0, 0.1) is 56.2 Å². The number of ketones is 1. The first-order valence-corrected chi connectivity index (χ1v) is 13.5. The van der Waals surface area contributed by atoms with Crippen molar-refractivity contribution in [3.63, 3.8) is 0 Å². The van der Waals surface area contributed by atoms with E-state index in [-0.39, 0.29) is 45.4 Å². The molecule has 0 saturated heterocycles. The summed E-state index contributed by atoms with van der Waals surface area (Å²) in [5, 5.41) is 12.1. The minimum absolute atomic E-state index is 0.0296. The third-order valence-electron chi connectivity index (χ3n) is 13.3. The summed E-state index contributed by atoms with van der Waals surface area (Å²) in [6, 6.07) is 0. The number of aliphatic hydroxyl groups is 1. The third-order valence-corrected chi connectivity index (χ3v) is 13.3. The predicted octanol–water partition coefficient (Wildman–Crippen LogP) is 7.20. The van der Waals surface area contributed by atoms with E-state index < -0.39 is 0 Å². The molecule has 10 atom stereocenters. The van der Waals surface area contributed by atoms with Gasteiger partial charge in [-0.15, -0.1) is 0 Å². The molecule has 1 N–H and O–H groups in total. The van der Waals surface area contributed by atoms with Gasteiger partial charge in [0.05, 0.1) is 6.10 Å². The van der Waals surface area contributed by atoms with Gasteiger partial charge in [0.2, 0.25) is 0 Å². The molecule has 0 aromatic carbocycles. The maximum atomic E-state index is 12.6. The van der Waals surface area contributed by atoms with Gasteiger partial charge in [0.1, 0.15) is 0 Å². The molecule has 5 aliphatic rings. The summed E-state index contributed by atoms with van der Waals surface area (Å²) in [5.74, 6) is 1.82. The summed E-state index contributed by atoms with van der Waals surface area (Å²) in [5.41, 5.74) is 1.08. The van der Waals surface area contributed by atoms with E-state index in [1.165, 1.54) is 32.1 Å². The lowest BCUT2D eigenvalue weighted by Crippen LogP contribution is -2.71. The Bertz CT molecular complexity index is 857. The molecule has 0 aromatic heterocycles. The zero-order chi connectivity index (χ0) is 23.5. The molecule has 2 nitrogen and oxygen atoms in total. The Morgan fingerprint density at radius 1 is 0.844 bits per heavy atom. The third kappa shape index (κ3) is 2.60. The van der Waals surface area contributed by atoms with Crippen LogP contribution < -0.4 is 0 Å². The van der Waals surface area contributed by atoms with Crippen molar-refractivity contribution in [2.24, 2.45) is 56.2 Å². The number of allylic oxidation sites excluding steroid dienone is 2. The number of carbonyl (C=O) groups excluding carboxylic acids is 1. The molecular weight excluding hydrogens is 392 g/mol. The quantitative estimate of drug-likeness (QED) is 0.432. The number of carbonyl (C=O) groups is 1. The predicted molar refractivity (Wildman–Crippen MR) is 131 cm³/mol. The molecule has 0 aliphatic heterocycles. The molecule has 0 spiro atoms. The van der Waals surface area contributed by atoms with Crippen molar-refractivity contribution in [1.82, 2.24) is 0 Å². The van der Waals surface area contributed by atoms with E-state index in [2.05, 4.69) is 61.5 Å². The molecule has 2 heteroatoms. The van der Waals surface area contributed by atoms with Crippen LogP contribution in [0.1, 0.15) is 107 Å². The van der Waals surface area contributed by atoms with Gasteiger partial charge < -0.3 is 5.11 Å². The van der Waals surface area contributed by atoms with Crippen LogP contribution in [-0.2, 0) is 4.79 Å². The summed E-state index contributed by atoms with van der Waals surface area (Å²) < 4.78 is 0. The zero-order valence-corrected chi connectivity index (χ0v) is 22.1. The Hall–Kier alpha value is -0.630. The number of fused-ring (bicyclic) bond motifs is 7. The van der Waals surface area contributed by atoms with Gasteiger partial charge in [0, 0.05) is 11.3 Å². The van der Waals surface area contributed by atoms with Crippen molar-refractivity contribution in [3.8, 4) is 0 Å². The van der Waals surface area contributed by atoms with Gasteiger partial charge in [-0.05, 0) is 102 Å². The topological polar surface area (TPSA) is 37.3 Å². The van der Waals surface area contributed by atoms with E-state index in [9.17, 15) is 9.90 Å². The van der Waals surface area contributed by atoms with Gasteiger partial charge >= 0.3 is 0 Å². The van der Waals surface area contributed by atoms with E-state index in [0.29, 0.717) is 22.7 Å². The van der Waals surface area contributed by atoms with Crippen molar-refractivity contribution < 1.29 is 9.90 Å². The molecular formula is C30H48O2. The van der Waals surface area contributed by atoms with E-state index in [0.717, 1.165) is 19.3 Å². The van der Waals surface area contributed by atoms with Crippen molar-refractivity contribution in [2.75, 3.05) is 0 Å². The highest BCUT2D eigenvalue weighted by atomic mass is 16.3. The average Bonchev–Trinajstić information content (AvgIpc) is 2.70. The molecule has 0 radical (unpaired) electrons. The summed E-state index contributed by atoms with van der Waals surface area (Å²) in [4.78, 5) is 12.6. The fraction of sp³-hybridized carbons (Fsp3) is 0.900. The minimum atomic E-state index is -0.298. The number of hydrogen-bond acceptors (Lipinski definition) is 2. The fourth-order valence-electron chi connectivity index (χ4n) is 10.7. The molecule has 32 heavy (non-hydrogen) atoms. The lowest BCUT2D eigenvalue weighted by atomic mass is 9.30. The first-order valence-electron chi connectivity index (χ1n) is 13.5. The molecule has 0 bridgehead atoms. The van der Waals surface area contributed by atoms with Gasteiger partial charge in [0.15, 0.2) is 5.78 Å². The van der Waals surface area contributed by atoms with Crippen LogP contribution in [0.2, 0.25) is 0 Å². The Kier molecular flexibility index (Phi) is 4.71. The van der Waals surface area contributed by atoms with Crippen molar-refractivity contribution in [3.05, 3.63) is 12.2 Å². The van der Waals surface area contributed by atoms with Crippen molar-refractivity contribution >= 4 is 5.78 Å². The van der Waals surface area contributed by atoms with E-state index >= 15 is 0 Å². The van der Waals surface area contributed by atoms with Crippen LogP contribution in [-0.4, -0.2) is 17.0 Å². The Morgan fingerprint density at radius 3 is 2.19 bits per heavy atom. The zero-order valence-electron chi connectivity index (χ0n) is 22.1. The fourth-order valence-corrected chi connectivity index (χ4v) is 10.7. The van der Waals surface area contributed by atoms with E-state index in [4.69, 9.17) is 0 Å². The smallest absolute Gasteiger partial charge is 0.158 e. The lowest BCUT2D eigenvalue weighted by molar-refractivity contribution is -0.281. The maximum Gasteiger partial charge on any atom is 0.158 e. The SMILES string of the molecule is C[C@H]1C(=O)C=C[C@@H]2[C@]1(C)CC[C@H]1[C@@]2(C)[C@@H](O)C[C@@]2(C)[C@@H]3CC(C)(C)CC[C@]3(C)CC[C@]12C. The highest BCUT2D eigenvalue weighted by Gasteiger charge is 2.72. The van der Waals surface area contributed by atoms with Crippen molar-refractivity contribution in [1.29, 1.82) is 0 Å². The summed E-state index contributed by atoms with van der Waals surface area (Å²) >= 11 is 0. The van der Waals surface area contributed by atoms with E-state index in [1.807, 2.05) is 6.08 Å². The Labute approximate surface area is 197 Å². The summed E-state index contributed by atoms with van der Waals surface area (Å²) in [6.07, 6.45) is 13.6. The molecule has 180 valence electrons. The minimum Gasteiger partial charge on any atom is -0.393 e. The second-order valence-corrected chi connectivity index (χ2v) is 15.1. The number of aliphatic hydroxyl groups excluding tert-OH is 1. The van der Waals surface area contributed by atoms with Crippen LogP contribution in [0.15, 0.2) is 12.2 Å². The first-order chi connectivity index (χ1) is 14.6. The number of rotatable bonds is 0. The molecule has 0 unspecified atom stereocenters. The Balaban J connectivity index is 1.61. The normalized spacial score (nSPS) is 58.9. The van der Waals surface area contributed by atoms with Crippen molar-refractivity contribution in [2.45, 2.75) is 113 Å².